The smallest absolute Gasteiger partial charge is 0.161 e. The third-order valence-electron chi connectivity index (χ3n) is 4.79. The van der Waals surface area contributed by atoms with E-state index in [0.717, 1.165) is 31.3 Å². The molecule has 0 amide bonds. The quantitative estimate of drug-likeness (QED) is 0.688. The van der Waals surface area contributed by atoms with Gasteiger partial charge in [0.1, 0.15) is 6.29 Å². The van der Waals surface area contributed by atoms with Crippen LogP contribution in [0.1, 0.15) is 32.1 Å². The summed E-state index contributed by atoms with van der Waals surface area (Å²) in [6.45, 7) is 1.46. The van der Waals surface area contributed by atoms with Crippen molar-refractivity contribution in [1.82, 2.24) is 0 Å². The molecule has 3 saturated carbocycles. The SMILES string of the molecule is O=CCC1C2CCC(CC2)C1C1OCCO1. The van der Waals surface area contributed by atoms with Crippen molar-refractivity contribution >= 4 is 6.29 Å². The zero-order valence-electron chi connectivity index (χ0n) is 9.64. The largest absolute Gasteiger partial charge is 0.350 e. The monoisotopic (exact) mass is 224 g/mol. The topological polar surface area (TPSA) is 35.5 Å². The lowest BCUT2D eigenvalue weighted by Gasteiger charge is -2.49. The molecule has 0 radical (unpaired) electrons. The number of rotatable bonds is 3. The van der Waals surface area contributed by atoms with Gasteiger partial charge in [-0.1, -0.05) is 0 Å². The molecule has 4 rings (SSSR count). The third-order valence-corrected chi connectivity index (χ3v) is 4.79. The summed E-state index contributed by atoms with van der Waals surface area (Å²) in [5.74, 6) is 2.49. The molecular formula is C13H20O3. The van der Waals surface area contributed by atoms with Crippen molar-refractivity contribution in [3.05, 3.63) is 0 Å². The summed E-state index contributed by atoms with van der Waals surface area (Å²) in [4.78, 5) is 10.8. The lowest BCUT2D eigenvalue weighted by molar-refractivity contribution is -0.155. The second kappa shape index (κ2) is 4.46. The van der Waals surface area contributed by atoms with E-state index in [0.29, 0.717) is 18.3 Å². The van der Waals surface area contributed by atoms with E-state index in [4.69, 9.17) is 9.47 Å². The van der Waals surface area contributed by atoms with Gasteiger partial charge in [0.25, 0.3) is 0 Å². The highest BCUT2D eigenvalue weighted by molar-refractivity contribution is 5.50. The Kier molecular flexibility index (Phi) is 2.99. The van der Waals surface area contributed by atoms with E-state index >= 15 is 0 Å². The zero-order valence-corrected chi connectivity index (χ0v) is 9.64. The summed E-state index contributed by atoms with van der Waals surface area (Å²) >= 11 is 0. The van der Waals surface area contributed by atoms with Crippen molar-refractivity contribution in [2.75, 3.05) is 13.2 Å². The molecule has 90 valence electrons. The van der Waals surface area contributed by atoms with Gasteiger partial charge in [0, 0.05) is 12.3 Å². The van der Waals surface area contributed by atoms with Crippen LogP contribution in [0.3, 0.4) is 0 Å². The number of ether oxygens (including phenoxy) is 2. The van der Waals surface area contributed by atoms with Crippen molar-refractivity contribution in [2.45, 2.75) is 38.4 Å². The van der Waals surface area contributed by atoms with Gasteiger partial charge in [0.15, 0.2) is 6.29 Å². The Morgan fingerprint density at radius 3 is 2.25 bits per heavy atom. The Bertz CT molecular complexity index is 250. The number of aldehydes is 1. The van der Waals surface area contributed by atoms with Crippen LogP contribution >= 0.6 is 0 Å². The van der Waals surface area contributed by atoms with Gasteiger partial charge >= 0.3 is 0 Å². The van der Waals surface area contributed by atoms with Crippen LogP contribution in [-0.4, -0.2) is 25.8 Å². The van der Waals surface area contributed by atoms with E-state index in [-0.39, 0.29) is 6.29 Å². The number of hydrogen-bond acceptors (Lipinski definition) is 3. The molecule has 2 atom stereocenters. The van der Waals surface area contributed by atoms with Crippen LogP contribution in [0.4, 0.5) is 0 Å². The maximum absolute atomic E-state index is 10.8. The van der Waals surface area contributed by atoms with Crippen molar-refractivity contribution in [2.24, 2.45) is 23.7 Å². The van der Waals surface area contributed by atoms with E-state index < -0.39 is 0 Å². The molecule has 3 aliphatic carbocycles. The van der Waals surface area contributed by atoms with E-state index in [1.165, 1.54) is 25.7 Å². The predicted molar refractivity (Wildman–Crippen MR) is 58.8 cm³/mol. The van der Waals surface area contributed by atoms with Crippen LogP contribution in [0.15, 0.2) is 0 Å². The van der Waals surface area contributed by atoms with Crippen molar-refractivity contribution in [3.63, 3.8) is 0 Å². The number of carbonyl (C=O) groups is 1. The Balaban J connectivity index is 1.78. The molecule has 1 aliphatic heterocycles. The molecule has 0 aromatic heterocycles. The first-order chi connectivity index (χ1) is 7.90. The molecule has 0 aromatic carbocycles. The fraction of sp³-hybridized carbons (Fsp3) is 0.923. The standard InChI is InChI=1S/C13H20O3/c14-6-5-11-9-1-3-10(4-2-9)12(11)13-15-7-8-16-13/h6,9-13H,1-5,7-8H2. The second-order valence-corrected chi connectivity index (χ2v) is 5.43. The zero-order chi connectivity index (χ0) is 11.0. The minimum absolute atomic E-state index is 0.0157. The maximum atomic E-state index is 10.8. The summed E-state index contributed by atoms with van der Waals surface area (Å²) in [5, 5.41) is 0. The van der Waals surface area contributed by atoms with Crippen LogP contribution in [-0.2, 0) is 14.3 Å². The van der Waals surface area contributed by atoms with Gasteiger partial charge in [-0.3, -0.25) is 0 Å². The molecule has 0 spiro atoms. The molecule has 3 heteroatoms. The summed E-state index contributed by atoms with van der Waals surface area (Å²) < 4.78 is 11.4. The molecule has 0 aromatic rings. The van der Waals surface area contributed by atoms with E-state index in [1.807, 2.05) is 0 Å². The van der Waals surface area contributed by atoms with Crippen molar-refractivity contribution < 1.29 is 14.3 Å². The Labute approximate surface area is 96.5 Å². The molecule has 4 aliphatic rings. The lowest BCUT2D eigenvalue weighted by atomic mass is 9.57. The molecule has 4 fully saturated rings. The van der Waals surface area contributed by atoms with E-state index in [1.54, 1.807) is 0 Å². The van der Waals surface area contributed by atoms with E-state index in [2.05, 4.69) is 0 Å². The normalized spacial score (nSPS) is 43.8. The number of fused-ring (bicyclic) bond motifs is 3. The summed E-state index contributed by atoms with van der Waals surface area (Å²) in [6, 6.07) is 0. The Hall–Kier alpha value is -0.410. The van der Waals surface area contributed by atoms with Crippen LogP contribution in [0, 0.1) is 23.7 Å². The van der Waals surface area contributed by atoms with Gasteiger partial charge in [-0.15, -0.1) is 0 Å². The Morgan fingerprint density at radius 2 is 1.62 bits per heavy atom. The predicted octanol–water partition coefficient (Wildman–Crippen LogP) is 2.00. The molecular weight excluding hydrogens is 204 g/mol. The molecule has 0 N–H and O–H groups in total. The van der Waals surface area contributed by atoms with Gasteiger partial charge < -0.3 is 14.3 Å². The highest BCUT2D eigenvalue weighted by Crippen LogP contribution is 2.52. The number of carbonyl (C=O) groups excluding carboxylic acids is 1. The lowest BCUT2D eigenvalue weighted by Crippen LogP contribution is -2.46. The molecule has 1 heterocycles. The van der Waals surface area contributed by atoms with Crippen LogP contribution in [0.2, 0.25) is 0 Å². The van der Waals surface area contributed by atoms with Gasteiger partial charge in [-0.25, -0.2) is 0 Å². The fourth-order valence-electron chi connectivity index (χ4n) is 4.11. The average molecular weight is 224 g/mol. The summed E-state index contributed by atoms with van der Waals surface area (Å²) in [5.41, 5.74) is 0. The van der Waals surface area contributed by atoms with Gasteiger partial charge in [-0.05, 0) is 43.4 Å². The van der Waals surface area contributed by atoms with Crippen LogP contribution in [0.25, 0.3) is 0 Å². The first-order valence-corrected chi connectivity index (χ1v) is 6.57. The van der Waals surface area contributed by atoms with Crippen LogP contribution in [0.5, 0.6) is 0 Å². The van der Waals surface area contributed by atoms with Crippen LogP contribution < -0.4 is 0 Å². The second-order valence-electron chi connectivity index (χ2n) is 5.43. The van der Waals surface area contributed by atoms with Gasteiger partial charge in [0.05, 0.1) is 13.2 Å². The van der Waals surface area contributed by atoms with Gasteiger partial charge in [0.2, 0.25) is 0 Å². The molecule has 2 bridgehead atoms. The number of hydrogen-bond donors (Lipinski definition) is 0. The maximum Gasteiger partial charge on any atom is 0.161 e. The minimum atomic E-state index is -0.0157. The van der Waals surface area contributed by atoms with Crippen molar-refractivity contribution in [1.29, 1.82) is 0 Å². The Morgan fingerprint density at radius 1 is 1.00 bits per heavy atom. The highest BCUT2D eigenvalue weighted by atomic mass is 16.7. The first kappa shape index (κ1) is 10.7. The molecule has 3 nitrogen and oxygen atoms in total. The van der Waals surface area contributed by atoms with E-state index in [9.17, 15) is 4.79 Å². The minimum Gasteiger partial charge on any atom is -0.350 e. The molecule has 16 heavy (non-hydrogen) atoms. The summed E-state index contributed by atoms with van der Waals surface area (Å²) in [7, 11) is 0. The van der Waals surface area contributed by atoms with Gasteiger partial charge in [-0.2, -0.15) is 0 Å². The fourth-order valence-corrected chi connectivity index (χ4v) is 4.11. The third kappa shape index (κ3) is 1.70. The average Bonchev–Trinajstić information content (AvgIpc) is 2.84. The van der Waals surface area contributed by atoms with Crippen molar-refractivity contribution in [3.8, 4) is 0 Å². The molecule has 1 saturated heterocycles. The first-order valence-electron chi connectivity index (χ1n) is 6.57. The molecule has 2 unspecified atom stereocenters. The summed E-state index contributed by atoms with van der Waals surface area (Å²) in [6.07, 6.45) is 7.03. The highest BCUT2D eigenvalue weighted by Gasteiger charge is 2.48.